The number of hydrogen-bond donors (Lipinski definition) is 0. The predicted octanol–water partition coefficient (Wildman–Crippen LogP) is 5.73. The van der Waals surface area contributed by atoms with E-state index in [4.69, 9.17) is 4.74 Å². The molecule has 6 rings (SSSR count). The molecule has 3 aromatic rings. The van der Waals surface area contributed by atoms with E-state index in [2.05, 4.69) is 11.6 Å². The highest BCUT2D eigenvalue weighted by Gasteiger charge is 2.40. The quantitative estimate of drug-likeness (QED) is 0.260. The van der Waals surface area contributed by atoms with Crippen LogP contribution < -0.4 is 10.6 Å². The molecule has 12 heteroatoms. The fourth-order valence-electron chi connectivity index (χ4n) is 6.20. The van der Waals surface area contributed by atoms with Crippen LogP contribution in [-0.4, -0.2) is 64.0 Å². The summed E-state index contributed by atoms with van der Waals surface area (Å²) in [5, 5.41) is 0.200. The van der Waals surface area contributed by atoms with Crippen molar-refractivity contribution in [2.75, 3.05) is 30.3 Å². The summed E-state index contributed by atoms with van der Waals surface area (Å²) in [4.78, 5) is 34.4. The zero-order chi connectivity index (χ0) is 30.6. The Bertz CT molecular complexity index is 1630. The summed E-state index contributed by atoms with van der Waals surface area (Å²) < 4.78 is 66.0. The van der Waals surface area contributed by atoms with Crippen LogP contribution in [0.2, 0.25) is 0 Å². The van der Waals surface area contributed by atoms with Crippen molar-refractivity contribution in [3.8, 4) is 11.1 Å². The van der Waals surface area contributed by atoms with Crippen molar-refractivity contribution >= 4 is 34.4 Å². The Morgan fingerprint density at radius 1 is 1.14 bits per heavy atom. The van der Waals surface area contributed by atoms with Crippen LogP contribution in [0.4, 0.5) is 23.4 Å². The second kappa shape index (κ2) is 11.3. The van der Waals surface area contributed by atoms with Crippen molar-refractivity contribution in [3.05, 3.63) is 64.9 Å². The van der Waals surface area contributed by atoms with Crippen LogP contribution in [0.5, 0.6) is 0 Å². The Balaban J connectivity index is 1.57. The van der Waals surface area contributed by atoms with Gasteiger partial charge < -0.3 is 14.5 Å². The molecule has 0 spiro atoms. The molecule has 2 aliphatic heterocycles. The maximum Gasteiger partial charge on any atom is 0.417 e. The monoisotopic (exact) mass is 616 g/mol. The third-order valence-corrected chi connectivity index (χ3v) is 9.57. The number of piperazine rings is 1. The minimum Gasteiger partial charge on any atom is -0.375 e. The number of carbonyl (C=O) groups excluding carboxylic acids is 1. The van der Waals surface area contributed by atoms with E-state index in [0.717, 1.165) is 31.0 Å². The minimum absolute atomic E-state index is 0.0960. The summed E-state index contributed by atoms with van der Waals surface area (Å²) >= 11 is 1.22. The number of halogens is 4. The molecule has 0 radical (unpaired) electrons. The predicted molar refractivity (Wildman–Crippen MR) is 158 cm³/mol. The lowest BCUT2D eigenvalue weighted by Gasteiger charge is -2.44. The summed E-state index contributed by atoms with van der Waals surface area (Å²) in [6.45, 7) is 8.50. The fourth-order valence-corrected chi connectivity index (χ4v) is 7.48. The summed E-state index contributed by atoms with van der Waals surface area (Å²) in [5.41, 5.74) is -1.01. The average molecular weight is 617 g/mol. The summed E-state index contributed by atoms with van der Waals surface area (Å²) in [5.74, 6) is 0.152. The molecule has 2 aromatic carbocycles. The summed E-state index contributed by atoms with van der Waals surface area (Å²) in [6, 6.07) is 5.38. The lowest BCUT2D eigenvalue weighted by molar-refractivity contribution is -0.137. The second-order valence-corrected chi connectivity index (χ2v) is 12.7. The molecule has 0 N–H and O–H groups in total. The van der Waals surface area contributed by atoms with E-state index in [0.29, 0.717) is 23.8 Å². The van der Waals surface area contributed by atoms with Crippen LogP contribution >= 0.6 is 11.8 Å². The molecule has 3 heterocycles. The van der Waals surface area contributed by atoms with Gasteiger partial charge in [0.2, 0.25) is 5.91 Å². The second-order valence-electron chi connectivity index (χ2n) is 11.6. The van der Waals surface area contributed by atoms with Crippen LogP contribution in [0.3, 0.4) is 0 Å². The lowest BCUT2D eigenvalue weighted by Crippen LogP contribution is -2.58. The normalized spacial score (nSPS) is 22.5. The smallest absolute Gasteiger partial charge is 0.375 e. The highest BCUT2D eigenvalue weighted by atomic mass is 32.2. The van der Waals surface area contributed by atoms with Gasteiger partial charge >= 0.3 is 11.9 Å². The van der Waals surface area contributed by atoms with E-state index in [1.165, 1.54) is 34.5 Å². The molecule has 1 aliphatic carbocycles. The van der Waals surface area contributed by atoms with Gasteiger partial charge in [-0.1, -0.05) is 18.7 Å². The zero-order valence-corrected chi connectivity index (χ0v) is 24.7. The number of nitrogens with zero attached hydrogens (tertiary/aromatic N) is 4. The first-order chi connectivity index (χ1) is 20.5. The number of alkyl halides is 3. The molecule has 1 saturated heterocycles. The Labute approximate surface area is 250 Å². The van der Waals surface area contributed by atoms with Gasteiger partial charge in [-0.25, -0.2) is 9.18 Å². The van der Waals surface area contributed by atoms with Crippen molar-refractivity contribution < 1.29 is 27.1 Å². The summed E-state index contributed by atoms with van der Waals surface area (Å²) in [6.07, 6.45) is -1.77. The molecule has 43 heavy (non-hydrogen) atoms. The maximum absolute atomic E-state index is 14.9. The molecule has 3 atom stereocenters. The molecule has 1 unspecified atom stereocenters. The van der Waals surface area contributed by atoms with Crippen LogP contribution in [0, 0.1) is 11.7 Å². The topological polar surface area (TPSA) is 67.7 Å². The summed E-state index contributed by atoms with van der Waals surface area (Å²) in [7, 11) is 0. The third-order valence-electron chi connectivity index (χ3n) is 8.35. The Hall–Kier alpha value is -3.38. The van der Waals surface area contributed by atoms with E-state index >= 15 is 0 Å². The number of thioether (sulfide) groups is 1. The fraction of sp³-hybridized carbons (Fsp3) is 0.452. The van der Waals surface area contributed by atoms with Gasteiger partial charge in [0.1, 0.15) is 11.6 Å². The number of hydrogen-bond acceptors (Lipinski definition) is 6. The van der Waals surface area contributed by atoms with Crippen molar-refractivity contribution in [3.63, 3.8) is 0 Å². The van der Waals surface area contributed by atoms with E-state index in [-0.39, 0.29) is 64.9 Å². The Kier molecular flexibility index (Phi) is 7.78. The molecular weight excluding hydrogens is 584 g/mol. The first-order valence-electron chi connectivity index (χ1n) is 14.3. The minimum atomic E-state index is -4.75. The van der Waals surface area contributed by atoms with Gasteiger partial charge in [0.15, 0.2) is 0 Å². The Morgan fingerprint density at radius 2 is 1.81 bits per heavy atom. The molecule has 7 nitrogen and oxygen atoms in total. The van der Waals surface area contributed by atoms with E-state index in [1.54, 1.807) is 9.80 Å². The van der Waals surface area contributed by atoms with Gasteiger partial charge in [-0.3, -0.25) is 9.36 Å². The molecular formula is C31H32F4N4O3S. The van der Waals surface area contributed by atoms with Crippen molar-refractivity contribution in [2.45, 2.75) is 62.5 Å². The van der Waals surface area contributed by atoms with Gasteiger partial charge in [-0.2, -0.15) is 18.2 Å². The molecule has 0 bridgehead atoms. The van der Waals surface area contributed by atoms with Gasteiger partial charge in [-0.15, -0.1) is 11.8 Å². The van der Waals surface area contributed by atoms with E-state index in [1.807, 2.05) is 13.8 Å². The SMILES string of the molecule is C=CC(=O)N1[C@H](C)CN(c2nc(=O)n3c4c(c(-c5ccc(F)cc5)c(C(F)(F)F)cc24)SCC(OCC2CC2)C3)C[C@@H]1C. The van der Waals surface area contributed by atoms with Crippen LogP contribution in [0.25, 0.3) is 22.0 Å². The van der Waals surface area contributed by atoms with Gasteiger partial charge in [0, 0.05) is 53.4 Å². The molecule has 3 aliphatic rings. The van der Waals surface area contributed by atoms with Crippen molar-refractivity contribution in [1.82, 2.24) is 14.5 Å². The third kappa shape index (κ3) is 5.66. The number of carbonyl (C=O) groups is 1. The van der Waals surface area contributed by atoms with Gasteiger partial charge in [-0.05, 0) is 62.4 Å². The van der Waals surface area contributed by atoms with Crippen molar-refractivity contribution in [2.24, 2.45) is 5.92 Å². The highest BCUT2D eigenvalue weighted by molar-refractivity contribution is 7.99. The van der Waals surface area contributed by atoms with Crippen LogP contribution in [0.1, 0.15) is 32.3 Å². The first-order valence-corrected chi connectivity index (χ1v) is 15.3. The largest absolute Gasteiger partial charge is 0.417 e. The number of benzene rings is 2. The van der Waals surface area contributed by atoms with Gasteiger partial charge in [0.05, 0.1) is 23.7 Å². The molecule has 1 aromatic heterocycles. The van der Waals surface area contributed by atoms with Crippen LogP contribution in [-0.2, 0) is 22.3 Å². The molecule has 1 saturated carbocycles. The number of anilines is 1. The van der Waals surface area contributed by atoms with Crippen LogP contribution in [0.15, 0.2) is 52.7 Å². The molecule has 1 amide bonds. The zero-order valence-electron chi connectivity index (χ0n) is 23.9. The maximum atomic E-state index is 14.9. The molecule has 2 fully saturated rings. The highest BCUT2D eigenvalue weighted by Crippen LogP contribution is 2.48. The van der Waals surface area contributed by atoms with Gasteiger partial charge in [0.25, 0.3) is 0 Å². The molecule has 228 valence electrons. The Morgan fingerprint density at radius 3 is 2.42 bits per heavy atom. The number of amides is 1. The van der Waals surface area contributed by atoms with Crippen molar-refractivity contribution in [1.29, 1.82) is 0 Å². The van der Waals surface area contributed by atoms with E-state index < -0.39 is 29.4 Å². The average Bonchev–Trinajstić information content (AvgIpc) is 3.80. The first kappa shape index (κ1) is 29.7. The number of ether oxygens (including phenoxy) is 1. The number of rotatable bonds is 6. The lowest BCUT2D eigenvalue weighted by atomic mass is 9.96. The number of aromatic nitrogens is 2. The van der Waals surface area contributed by atoms with E-state index in [9.17, 15) is 27.2 Å². The standard InChI is InChI=1S/C31H32F4N4O3S/c1-4-25(40)39-17(2)12-37(13-18(39)3)29-23-11-24(31(33,34)35)26(20-7-9-21(32)10-8-20)28-27(23)38(30(41)36-29)14-22(16-43-28)42-15-19-5-6-19/h4,7-11,17-19,22H,1,5-6,12-16H2,2-3H3/t17-,18+,22?.